The predicted molar refractivity (Wildman–Crippen MR) is 303 cm³/mol. The van der Waals surface area contributed by atoms with Gasteiger partial charge in [0.1, 0.15) is 19.3 Å². The maximum absolute atomic E-state index is 12.9. The van der Waals surface area contributed by atoms with Crippen molar-refractivity contribution in [2.45, 2.75) is 303 Å². The molecule has 0 aliphatic heterocycles. The molecule has 2 unspecified atom stereocenters. The summed E-state index contributed by atoms with van der Waals surface area (Å²) in [7, 11) is -9.87. The number of aliphatic hydroxyl groups excluding tert-OH is 1. The maximum Gasteiger partial charge on any atom is 0.472 e. The van der Waals surface area contributed by atoms with E-state index in [4.69, 9.17) is 37.0 Å². The summed E-state index contributed by atoms with van der Waals surface area (Å²) in [6.07, 6.45) is 33.6. The fourth-order valence-electron chi connectivity index (χ4n) is 8.52. The summed E-state index contributed by atoms with van der Waals surface area (Å²) in [5.41, 5.74) is 0. The zero-order valence-corrected chi connectivity index (χ0v) is 50.9. The fourth-order valence-corrected chi connectivity index (χ4v) is 10.1. The predicted octanol–water partition coefficient (Wildman–Crippen LogP) is 15.5. The lowest BCUT2D eigenvalue weighted by molar-refractivity contribution is -0.161. The minimum Gasteiger partial charge on any atom is -0.462 e. The number of aliphatic hydroxyl groups is 1. The number of hydrogen-bond donors (Lipinski definition) is 3. The summed E-state index contributed by atoms with van der Waals surface area (Å²) in [4.78, 5) is 71.7. The summed E-state index contributed by atoms with van der Waals surface area (Å²) < 4.78 is 67.6. The molecular weight excluding hydrogens is 1030 g/mol. The van der Waals surface area contributed by atoms with Crippen LogP contribution in [0.3, 0.4) is 0 Å². The molecule has 3 N–H and O–H groups in total. The van der Waals surface area contributed by atoms with Gasteiger partial charge in [-0.05, 0) is 31.6 Å². The Morgan fingerprint density at radius 1 is 0.351 bits per heavy atom. The summed E-state index contributed by atoms with van der Waals surface area (Å²) in [5, 5.41) is 10.5. The molecule has 0 aromatic heterocycles. The number of rotatable bonds is 58. The molecule has 0 spiro atoms. The van der Waals surface area contributed by atoms with E-state index in [2.05, 4.69) is 34.6 Å². The second kappa shape index (κ2) is 52.2. The number of phosphoric acid groups is 2. The van der Waals surface area contributed by atoms with Crippen LogP contribution in [0, 0.1) is 5.92 Å². The number of carbonyl (C=O) groups excluding carboxylic acids is 4. The van der Waals surface area contributed by atoms with Crippen molar-refractivity contribution in [3.8, 4) is 0 Å². The largest absolute Gasteiger partial charge is 0.472 e. The van der Waals surface area contributed by atoms with Gasteiger partial charge in [0.25, 0.3) is 0 Å². The Morgan fingerprint density at radius 3 is 0.883 bits per heavy atom. The molecule has 19 heteroatoms. The van der Waals surface area contributed by atoms with Gasteiger partial charge in [0, 0.05) is 25.7 Å². The Morgan fingerprint density at radius 2 is 0.597 bits per heavy atom. The first kappa shape index (κ1) is 75.1. The van der Waals surface area contributed by atoms with Crippen molar-refractivity contribution < 1.29 is 80.2 Å². The highest BCUT2D eigenvalue weighted by atomic mass is 31.2. The van der Waals surface area contributed by atoms with Gasteiger partial charge in [0.15, 0.2) is 12.2 Å². The molecule has 0 saturated carbocycles. The van der Waals surface area contributed by atoms with E-state index in [0.29, 0.717) is 31.6 Å². The Labute approximate surface area is 467 Å². The fraction of sp³-hybridized carbons (Fsp3) is 0.931. The van der Waals surface area contributed by atoms with Crippen LogP contribution in [0.1, 0.15) is 285 Å². The van der Waals surface area contributed by atoms with Crippen LogP contribution in [0.5, 0.6) is 0 Å². The van der Waals surface area contributed by atoms with Crippen LogP contribution in [-0.2, 0) is 65.4 Å². The van der Waals surface area contributed by atoms with E-state index in [1.807, 2.05) is 0 Å². The van der Waals surface area contributed by atoms with Crippen molar-refractivity contribution in [1.82, 2.24) is 0 Å². The molecular formula is C58H112O17P2. The zero-order valence-electron chi connectivity index (χ0n) is 49.1. The molecule has 0 aliphatic rings. The third kappa shape index (κ3) is 53.2. The molecule has 77 heavy (non-hydrogen) atoms. The van der Waals surface area contributed by atoms with E-state index in [-0.39, 0.29) is 25.7 Å². The van der Waals surface area contributed by atoms with Gasteiger partial charge in [0.05, 0.1) is 26.4 Å². The number of phosphoric ester groups is 2. The zero-order chi connectivity index (χ0) is 57.1. The Balaban J connectivity index is 5.21. The van der Waals surface area contributed by atoms with Crippen LogP contribution < -0.4 is 0 Å². The first-order chi connectivity index (χ1) is 37.0. The highest BCUT2D eigenvalue weighted by Crippen LogP contribution is 2.45. The molecule has 0 saturated heterocycles. The van der Waals surface area contributed by atoms with Gasteiger partial charge in [-0.15, -0.1) is 0 Å². The molecule has 0 heterocycles. The van der Waals surface area contributed by atoms with Crippen LogP contribution >= 0.6 is 15.6 Å². The van der Waals surface area contributed by atoms with Crippen LogP contribution in [0.15, 0.2) is 0 Å². The third-order valence-electron chi connectivity index (χ3n) is 13.3. The summed E-state index contributed by atoms with van der Waals surface area (Å²) in [5.74, 6) is -1.44. The number of carbonyl (C=O) groups is 4. The summed E-state index contributed by atoms with van der Waals surface area (Å²) >= 11 is 0. The van der Waals surface area contributed by atoms with Crippen molar-refractivity contribution in [3.05, 3.63) is 0 Å². The first-order valence-corrected chi connectivity index (χ1v) is 33.6. The van der Waals surface area contributed by atoms with Crippen LogP contribution in [0.4, 0.5) is 0 Å². The molecule has 17 nitrogen and oxygen atoms in total. The van der Waals surface area contributed by atoms with Gasteiger partial charge in [-0.25, -0.2) is 9.13 Å². The highest BCUT2D eigenvalue weighted by Gasteiger charge is 2.30. The van der Waals surface area contributed by atoms with Gasteiger partial charge >= 0.3 is 39.5 Å². The number of esters is 4. The van der Waals surface area contributed by atoms with Crippen molar-refractivity contribution in [3.63, 3.8) is 0 Å². The van der Waals surface area contributed by atoms with Crippen molar-refractivity contribution >= 4 is 39.5 Å². The van der Waals surface area contributed by atoms with Gasteiger partial charge < -0.3 is 33.8 Å². The molecule has 0 radical (unpaired) electrons. The van der Waals surface area contributed by atoms with E-state index >= 15 is 0 Å². The van der Waals surface area contributed by atoms with E-state index < -0.39 is 97.5 Å². The quantitative estimate of drug-likeness (QED) is 0.0222. The van der Waals surface area contributed by atoms with Crippen molar-refractivity contribution in [2.24, 2.45) is 5.92 Å². The first-order valence-electron chi connectivity index (χ1n) is 30.6. The lowest BCUT2D eigenvalue weighted by atomic mass is 10.0. The monoisotopic (exact) mass is 1140 g/mol. The van der Waals surface area contributed by atoms with Crippen LogP contribution in [-0.4, -0.2) is 96.7 Å². The van der Waals surface area contributed by atoms with Gasteiger partial charge in [-0.1, -0.05) is 234 Å². The topological polar surface area (TPSA) is 237 Å². The van der Waals surface area contributed by atoms with E-state index in [1.54, 1.807) is 0 Å². The highest BCUT2D eigenvalue weighted by molar-refractivity contribution is 7.47. The minimum atomic E-state index is -4.94. The maximum atomic E-state index is 12.9. The van der Waals surface area contributed by atoms with Gasteiger partial charge in [0.2, 0.25) is 0 Å². The smallest absolute Gasteiger partial charge is 0.462 e. The SMILES string of the molecule is CCCCCCCCCCCCCC(=O)O[C@H](COC(=O)CCCCCCCCCC(C)C)COP(=O)(O)OC[C@@H](O)COP(=O)(O)OC[C@@H](COC(=O)CCCCCCCCC)OC(=O)CCCCCCCCCCC. The molecule has 0 rings (SSSR count). The van der Waals surface area contributed by atoms with Crippen LogP contribution in [0.25, 0.3) is 0 Å². The molecule has 0 aromatic carbocycles. The van der Waals surface area contributed by atoms with Gasteiger partial charge in [-0.2, -0.15) is 0 Å². The molecule has 0 bridgehead atoms. The normalized spacial score (nSPS) is 14.4. The van der Waals surface area contributed by atoms with E-state index in [0.717, 1.165) is 109 Å². The van der Waals surface area contributed by atoms with Crippen molar-refractivity contribution in [1.29, 1.82) is 0 Å². The molecule has 0 amide bonds. The number of ether oxygens (including phenoxy) is 4. The molecule has 0 fully saturated rings. The summed E-state index contributed by atoms with van der Waals surface area (Å²) in [6.45, 7) is 7.03. The average molecular weight is 1140 g/mol. The Kier molecular flexibility index (Phi) is 50.8. The van der Waals surface area contributed by atoms with Crippen molar-refractivity contribution in [2.75, 3.05) is 39.6 Å². The molecule has 456 valence electrons. The van der Waals surface area contributed by atoms with Crippen LogP contribution in [0.2, 0.25) is 0 Å². The third-order valence-corrected chi connectivity index (χ3v) is 15.2. The second-order valence-corrected chi connectivity index (χ2v) is 24.4. The van der Waals surface area contributed by atoms with E-state index in [1.165, 1.54) is 89.9 Å². The Hall–Kier alpha value is -1.94. The molecule has 0 aliphatic carbocycles. The van der Waals surface area contributed by atoms with Gasteiger partial charge in [-0.3, -0.25) is 37.3 Å². The number of hydrogen-bond acceptors (Lipinski definition) is 15. The second-order valence-electron chi connectivity index (χ2n) is 21.5. The molecule has 0 aromatic rings. The lowest BCUT2D eigenvalue weighted by Gasteiger charge is -2.21. The van der Waals surface area contributed by atoms with E-state index in [9.17, 15) is 43.2 Å². The average Bonchev–Trinajstić information content (AvgIpc) is 3.39. The summed E-state index contributed by atoms with van der Waals surface area (Å²) in [6, 6.07) is 0. The number of unbranched alkanes of at least 4 members (excludes halogenated alkanes) is 30. The lowest BCUT2D eigenvalue weighted by Crippen LogP contribution is -2.30. The Bertz CT molecular complexity index is 1520. The molecule has 5 atom stereocenters. The standard InChI is InChI=1S/C58H112O17P2/c1-6-9-12-15-18-20-21-23-28-34-39-44-58(63)75-54(48-69-56(61)42-37-32-29-24-26-30-35-40-51(4)5)50-73-77(66,67)71-46-52(59)45-70-76(64,65)72-49-53(47-68-55(60)41-36-31-25-17-14-11-8-3)74-57(62)43-38-33-27-22-19-16-13-10-7-2/h51-54,59H,6-50H2,1-5H3,(H,64,65)(H,66,67)/t52-,53+,54+/m0/s1. The minimum absolute atomic E-state index is 0.105.